The number of hydrogen-bond acceptors (Lipinski definition) is 4. The number of benzene rings is 1. The van der Waals surface area contributed by atoms with Crippen molar-refractivity contribution in [1.29, 1.82) is 0 Å². The van der Waals surface area contributed by atoms with Crippen molar-refractivity contribution in [2.75, 3.05) is 20.8 Å². The van der Waals surface area contributed by atoms with Crippen LogP contribution in [0.15, 0.2) is 18.2 Å². The molecule has 1 N–H and O–H groups in total. The van der Waals surface area contributed by atoms with Crippen LogP contribution in [0, 0.1) is 0 Å². The molecule has 2 heterocycles. The molecule has 3 rings (SSSR count). The molecule has 108 valence electrons. The monoisotopic (exact) mass is 291 g/mol. The molecule has 0 spiro atoms. The molecule has 0 bridgehead atoms. The van der Waals surface area contributed by atoms with Crippen LogP contribution >= 0.6 is 11.3 Å². The largest absolute Gasteiger partial charge is 0.497 e. The van der Waals surface area contributed by atoms with Gasteiger partial charge in [-0.2, -0.15) is 0 Å². The van der Waals surface area contributed by atoms with Gasteiger partial charge in [0.25, 0.3) is 0 Å². The first-order valence-corrected chi connectivity index (χ1v) is 7.91. The summed E-state index contributed by atoms with van der Waals surface area (Å²) < 4.78 is 12.1. The molecule has 3 nitrogen and oxygen atoms in total. The van der Waals surface area contributed by atoms with Crippen molar-refractivity contribution in [3.8, 4) is 11.5 Å². The predicted molar refractivity (Wildman–Crippen MR) is 84.4 cm³/mol. The standard InChI is InChI=1S/C16H21NO2S/c1-10-6-11(4-5-17-10)15-9-13-14(19-3)7-12(18-2)8-16(13)20-15/h7-11,17H,4-6H2,1-3H3. The van der Waals surface area contributed by atoms with Crippen molar-refractivity contribution in [3.05, 3.63) is 23.1 Å². The fourth-order valence-corrected chi connectivity index (χ4v) is 4.24. The van der Waals surface area contributed by atoms with E-state index in [1.807, 2.05) is 17.4 Å². The van der Waals surface area contributed by atoms with E-state index in [9.17, 15) is 0 Å². The van der Waals surface area contributed by atoms with E-state index in [1.54, 1.807) is 14.2 Å². The van der Waals surface area contributed by atoms with Gasteiger partial charge in [-0.15, -0.1) is 11.3 Å². The van der Waals surface area contributed by atoms with Crippen molar-refractivity contribution in [2.24, 2.45) is 0 Å². The minimum absolute atomic E-state index is 0.607. The fraction of sp³-hybridized carbons (Fsp3) is 0.500. The second-order valence-corrected chi connectivity index (χ2v) is 6.58. The second kappa shape index (κ2) is 5.62. The maximum atomic E-state index is 5.51. The van der Waals surface area contributed by atoms with Gasteiger partial charge in [0.1, 0.15) is 11.5 Å². The minimum Gasteiger partial charge on any atom is -0.497 e. The lowest BCUT2D eigenvalue weighted by Gasteiger charge is -2.27. The lowest BCUT2D eigenvalue weighted by Crippen LogP contribution is -2.34. The minimum atomic E-state index is 0.607. The number of thiophene rings is 1. The van der Waals surface area contributed by atoms with E-state index >= 15 is 0 Å². The molecule has 1 aliphatic rings. The first kappa shape index (κ1) is 13.7. The molecule has 2 aromatic rings. The third-order valence-corrected chi connectivity index (χ3v) is 5.32. The van der Waals surface area contributed by atoms with Crippen LogP contribution < -0.4 is 14.8 Å². The zero-order valence-electron chi connectivity index (χ0n) is 12.2. The first-order valence-electron chi connectivity index (χ1n) is 7.10. The Hall–Kier alpha value is -1.26. The molecule has 1 fully saturated rings. The Balaban J connectivity index is 2.01. The van der Waals surface area contributed by atoms with E-state index in [1.165, 1.54) is 27.8 Å². The molecule has 0 saturated carbocycles. The average Bonchev–Trinajstić information content (AvgIpc) is 2.90. The predicted octanol–water partition coefficient (Wildman–Crippen LogP) is 3.77. The van der Waals surface area contributed by atoms with Crippen molar-refractivity contribution in [2.45, 2.75) is 31.7 Å². The zero-order chi connectivity index (χ0) is 14.1. The lowest BCUT2D eigenvalue weighted by atomic mass is 9.92. The smallest absolute Gasteiger partial charge is 0.131 e. The number of rotatable bonds is 3. The summed E-state index contributed by atoms with van der Waals surface area (Å²) in [4.78, 5) is 1.47. The highest BCUT2D eigenvalue weighted by Crippen LogP contribution is 2.41. The van der Waals surface area contributed by atoms with Crippen molar-refractivity contribution < 1.29 is 9.47 Å². The number of nitrogens with one attached hydrogen (secondary N) is 1. The number of ether oxygens (including phenoxy) is 2. The fourth-order valence-electron chi connectivity index (χ4n) is 2.98. The Labute approximate surface area is 123 Å². The maximum Gasteiger partial charge on any atom is 0.131 e. The van der Waals surface area contributed by atoms with Crippen LogP contribution in [-0.4, -0.2) is 26.8 Å². The molecule has 4 heteroatoms. The molecule has 2 atom stereocenters. The van der Waals surface area contributed by atoms with E-state index in [0.29, 0.717) is 12.0 Å². The highest BCUT2D eigenvalue weighted by Gasteiger charge is 2.22. The topological polar surface area (TPSA) is 30.5 Å². The number of fused-ring (bicyclic) bond motifs is 1. The van der Waals surface area contributed by atoms with E-state index in [-0.39, 0.29) is 0 Å². The second-order valence-electron chi connectivity index (χ2n) is 5.47. The molecule has 2 unspecified atom stereocenters. The zero-order valence-corrected chi connectivity index (χ0v) is 13.0. The van der Waals surface area contributed by atoms with Gasteiger partial charge in [-0.1, -0.05) is 0 Å². The molecule has 1 aromatic heterocycles. The quantitative estimate of drug-likeness (QED) is 0.933. The summed E-state index contributed by atoms with van der Waals surface area (Å²) in [6.07, 6.45) is 2.43. The summed E-state index contributed by atoms with van der Waals surface area (Å²) in [5.41, 5.74) is 0. The normalized spacial score (nSPS) is 22.9. The number of methoxy groups -OCH3 is 2. The summed E-state index contributed by atoms with van der Waals surface area (Å²) in [6, 6.07) is 6.98. The molecule has 20 heavy (non-hydrogen) atoms. The Bertz CT molecular complexity index is 608. The highest BCUT2D eigenvalue weighted by molar-refractivity contribution is 7.19. The first-order chi connectivity index (χ1) is 9.71. The summed E-state index contributed by atoms with van der Waals surface area (Å²) in [7, 11) is 3.42. The summed E-state index contributed by atoms with van der Waals surface area (Å²) in [5, 5.41) is 4.72. The van der Waals surface area contributed by atoms with Crippen LogP contribution in [0.1, 0.15) is 30.6 Å². The molecule has 1 saturated heterocycles. The van der Waals surface area contributed by atoms with E-state index in [2.05, 4.69) is 24.4 Å². The summed E-state index contributed by atoms with van der Waals surface area (Å²) >= 11 is 1.88. The third-order valence-electron chi connectivity index (χ3n) is 4.07. The summed E-state index contributed by atoms with van der Waals surface area (Å²) in [5.74, 6) is 2.43. The molecular formula is C16H21NO2S. The van der Waals surface area contributed by atoms with Crippen molar-refractivity contribution in [1.82, 2.24) is 5.32 Å². The van der Waals surface area contributed by atoms with Gasteiger partial charge in [-0.25, -0.2) is 0 Å². The maximum absolute atomic E-state index is 5.51. The van der Waals surface area contributed by atoms with Gasteiger partial charge in [0.05, 0.1) is 14.2 Å². The van der Waals surface area contributed by atoms with Crippen LogP contribution in [0.25, 0.3) is 10.1 Å². The molecule has 0 aliphatic carbocycles. The van der Waals surface area contributed by atoms with Gasteiger partial charge < -0.3 is 14.8 Å². The van der Waals surface area contributed by atoms with Crippen molar-refractivity contribution >= 4 is 21.4 Å². The average molecular weight is 291 g/mol. The molecule has 0 radical (unpaired) electrons. The van der Waals surface area contributed by atoms with E-state index in [4.69, 9.17) is 9.47 Å². The summed E-state index contributed by atoms with van der Waals surface area (Å²) in [6.45, 7) is 3.38. The van der Waals surface area contributed by atoms with Gasteiger partial charge in [0.15, 0.2) is 0 Å². The Kier molecular flexibility index (Phi) is 3.85. The van der Waals surface area contributed by atoms with Gasteiger partial charge in [0, 0.05) is 27.1 Å². The number of piperidine rings is 1. The lowest BCUT2D eigenvalue weighted by molar-refractivity contribution is 0.384. The van der Waals surface area contributed by atoms with E-state index in [0.717, 1.165) is 18.0 Å². The molecular weight excluding hydrogens is 270 g/mol. The van der Waals surface area contributed by atoms with Gasteiger partial charge in [-0.05, 0) is 44.4 Å². The molecule has 1 aliphatic heterocycles. The van der Waals surface area contributed by atoms with Crippen LogP contribution in [0.4, 0.5) is 0 Å². The van der Waals surface area contributed by atoms with Crippen LogP contribution in [0.2, 0.25) is 0 Å². The van der Waals surface area contributed by atoms with E-state index < -0.39 is 0 Å². The Morgan fingerprint density at radius 3 is 2.75 bits per heavy atom. The Morgan fingerprint density at radius 1 is 1.20 bits per heavy atom. The number of hydrogen-bond donors (Lipinski definition) is 1. The van der Waals surface area contributed by atoms with Gasteiger partial charge in [-0.3, -0.25) is 0 Å². The van der Waals surface area contributed by atoms with Gasteiger partial charge in [0.2, 0.25) is 0 Å². The SMILES string of the molecule is COc1cc(OC)c2cc(C3CCNC(C)C3)sc2c1. The van der Waals surface area contributed by atoms with Crippen molar-refractivity contribution in [3.63, 3.8) is 0 Å². The molecule has 1 aromatic carbocycles. The van der Waals surface area contributed by atoms with Crippen LogP contribution in [0.5, 0.6) is 11.5 Å². The molecule has 0 amide bonds. The van der Waals surface area contributed by atoms with Crippen LogP contribution in [0.3, 0.4) is 0 Å². The Morgan fingerprint density at radius 2 is 2.05 bits per heavy atom. The third kappa shape index (κ3) is 2.50. The van der Waals surface area contributed by atoms with Crippen LogP contribution in [-0.2, 0) is 0 Å². The van der Waals surface area contributed by atoms with Gasteiger partial charge >= 0.3 is 0 Å². The highest BCUT2D eigenvalue weighted by atomic mass is 32.1.